The fourth-order valence-electron chi connectivity index (χ4n) is 2.08. The van der Waals surface area contributed by atoms with Crippen LogP contribution >= 0.6 is 0 Å². The molecule has 86 valence electrons. The van der Waals surface area contributed by atoms with Crippen molar-refractivity contribution in [3.05, 3.63) is 29.3 Å². The molecule has 4 N–H and O–H groups in total. The van der Waals surface area contributed by atoms with Gasteiger partial charge in [-0.05, 0) is 24.6 Å². The summed E-state index contributed by atoms with van der Waals surface area (Å²) < 4.78 is 0. The number of nitrogens with one attached hydrogen (secondary N) is 2. The van der Waals surface area contributed by atoms with Gasteiger partial charge >= 0.3 is 0 Å². The highest BCUT2D eigenvalue weighted by molar-refractivity contribution is 5.99. The molecule has 0 aliphatic carbocycles. The molecule has 0 radical (unpaired) electrons. The van der Waals surface area contributed by atoms with Crippen molar-refractivity contribution in [1.82, 2.24) is 10.2 Å². The van der Waals surface area contributed by atoms with Gasteiger partial charge in [0, 0.05) is 16.8 Å². The molecular formula is C12H12N4O. The van der Waals surface area contributed by atoms with Crippen LogP contribution < -0.4 is 11.1 Å². The van der Waals surface area contributed by atoms with Gasteiger partial charge in [0.05, 0.1) is 12.1 Å². The first kappa shape index (κ1) is 9.89. The lowest BCUT2D eigenvalue weighted by Crippen LogP contribution is -2.03. The van der Waals surface area contributed by atoms with E-state index in [1.807, 2.05) is 25.1 Å². The van der Waals surface area contributed by atoms with Gasteiger partial charge in [-0.2, -0.15) is 5.10 Å². The quantitative estimate of drug-likeness (QED) is 0.691. The van der Waals surface area contributed by atoms with Crippen molar-refractivity contribution in [2.24, 2.45) is 0 Å². The van der Waals surface area contributed by atoms with E-state index in [2.05, 4.69) is 15.5 Å². The zero-order valence-corrected chi connectivity index (χ0v) is 9.37. The van der Waals surface area contributed by atoms with Gasteiger partial charge in [0.1, 0.15) is 5.82 Å². The Balaban J connectivity index is 2.09. The monoisotopic (exact) mass is 228 g/mol. The minimum Gasteiger partial charge on any atom is -0.382 e. The van der Waals surface area contributed by atoms with Gasteiger partial charge in [0.25, 0.3) is 0 Å². The second-order valence-electron chi connectivity index (χ2n) is 4.21. The topological polar surface area (TPSA) is 83.8 Å². The van der Waals surface area contributed by atoms with Crippen LogP contribution in [-0.4, -0.2) is 16.1 Å². The standard InChI is InChI=1S/C12H12N4O/c1-6-11(15-16-12(6)13)7-2-3-9-8(4-7)5-10(17)14-9/h2-4H,5H2,1H3,(H,14,17)(H3,13,15,16). The molecule has 0 atom stereocenters. The first-order chi connectivity index (χ1) is 8.15. The molecule has 1 aromatic heterocycles. The Morgan fingerprint density at radius 2 is 2.24 bits per heavy atom. The molecule has 0 saturated carbocycles. The molecule has 5 nitrogen and oxygen atoms in total. The molecule has 0 bridgehead atoms. The van der Waals surface area contributed by atoms with E-state index in [0.29, 0.717) is 12.2 Å². The molecule has 1 amide bonds. The van der Waals surface area contributed by atoms with Gasteiger partial charge in [-0.1, -0.05) is 6.07 Å². The third-order valence-corrected chi connectivity index (χ3v) is 3.07. The second-order valence-corrected chi connectivity index (χ2v) is 4.21. The fraction of sp³-hybridized carbons (Fsp3) is 0.167. The largest absolute Gasteiger partial charge is 0.382 e. The number of amides is 1. The summed E-state index contributed by atoms with van der Waals surface area (Å²) in [6, 6.07) is 5.85. The number of anilines is 2. The van der Waals surface area contributed by atoms with Crippen molar-refractivity contribution in [3.8, 4) is 11.3 Å². The van der Waals surface area contributed by atoms with Crippen molar-refractivity contribution in [1.29, 1.82) is 0 Å². The maximum Gasteiger partial charge on any atom is 0.228 e. The molecule has 1 aliphatic rings. The van der Waals surface area contributed by atoms with E-state index in [1.54, 1.807) is 0 Å². The molecule has 17 heavy (non-hydrogen) atoms. The number of carbonyl (C=O) groups excluding carboxylic acids is 1. The molecule has 1 aliphatic heterocycles. The number of nitrogen functional groups attached to an aromatic ring is 1. The highest BCUT2D eigenvalue weighted by Gasteiger charge is 2.18. The van der Waals surface area contributed by atoms with Crippen LogP contribution in [0.1, 0.15) is 11.1 Å². The first-order valence-electron chi connectivity index (χ1n) is 5.39. The van der Waals surface area contributed by atoms with E-state index >= 15 is 0 Å². The summed E-state index contributed by atoms with van der Waals surface area (Å²) in [5.74, 6) is 0.549. The summed E-state index contributed by atoms with van der Waals surface area (Å²) in [6.07, 6.45) is 0.436. The minimum absolute atomic E-state index is 0.0398. The Hall–Kier alpha value is -2.30. The number of nitrogens with zero attached hydrogens (tertiary/aromatic N) is 1. The lowest BCUT2D eigenvalue weighted by molar-refractivity contribution is -0.115. The van der Waals surface area contributed by atoms with E-state index in [-0.39, 0.29) is 5.91 Å². The number of benzene rings is 1. The summed E-state index contributed by atoms with van der Waals surface area (Å²) in [6.45, 7) is 1.92. The molecule has 2 heterocycles. The summed E-state index contributed by atoms with van der Waals surface area (Å²) in [7, 11) is 0. The van der Waals surface area contributed by atoms with E-state index in [9.17, 15) is 4.79 Å². The third kappa shape index (κ3) is 1.47. The summed E-state index contributed by atoms with van der Waals surface area (Å²) in [5, 5.41) is 9.69. The predicted molar refractivity (Wildman–Crippen MR) is 65.5 cm³/mol. The molecule has 0 fully saturated rings. The molecule has 0 saturated heterocycles. The first-order valence-corrected chi connectivity index (χ1v) is 5.39. The van der Waals surface area contributed by atoms with Crippen molar-refractivity contribution in [3.63, 3.8) is 0 Å². The number of fused-ring (bicyclic) bond motifs is 1. The Labute approximate surface area is 98.0 Å². The number of hydrogen-bond acceptors (Lipinski definition) is 3. The van der Waals surface area contributed by atoms with Crippen LogP contribution in [0, 0.1) is 6.92 Å². The maximum atomic E-state index is 11.3. The number of rotatable bonds is 1. The van der Waals surface area contributed by atoms with Crippen LogP contribution in [0.25, 0.3) is 11.3 Å². The van der Waals surface area contributed by atoms with Crippen LogP contribution in [-0.2, 0) is 11.2 Å². The normalized spacial score (nSPS) is 13.6. The molecule has 0 spiro atoms. The summed E-state index contributed by atoms with van der Waals surface area (Å²) in [5.41, 5.74) is 10.5. The van der Waals surface area contributed by atoms with Gasteiger partial charge in [0.2, 0.25) is 5.91 Å². The van der Waals surface area contributed by atoms with Gasteiger partial charge in [-0.3, -0.25) is 9.89 Å². The zero-order valence-electron chi connectivity index (χ0n) is 9.37. The van der Waals surface area contributed by atoms with Gasteiger partial charge in [0.15, 0.2) is 0 Å². The lowest BCUT2D eigenvalue weighted by atomic mass is 10.0. The van der Waals surface area contributed by atoms with Crippen LogP contribution in [0.3, 0.4) is 0 Å². The van der Waals surface area contributed by atoms with Crippen LogP contribution in [0.15, 0.2) is 18.2 Å². The van der Waals surface area contributed by atoms with Crippen LogP contribution in [0.5, 0.6) is 0 Å². The molecule has 5 heteroatoms. The summed E-state index contributed by atoms with van der Waals surface area (Å²) in [4.78, 5) is 11.3. The fourth-order valence-corrected chi connectivity index (χ4v) is 2.08. The van der Waals surface area contributed by atoms with Crippen LogP contribution in [0.4, 0.5) is 11.5 Å². The molecule has 0 unspecified atom stereocenters. The summed E-state index contributed by atoms with van der Waals surface area (Å²) >= 11 is 0. The highest BCUT2D eigenvalue weighted by atomic mass is 16.1. The smallest absolute Gasteiger partial charge is 0.228 e. The lowest BCUT2D eigenvalue weighted by Gasteiger charge is -2.03. The van der Waals surface area contributed by atoms with E-state index < -0.39 is 0 Å². The zero-order chi connectivity index (χ0) is 12.0. The molecule has 2 aromatic rings. The molecule has 1 aromatic carbocycles. The van der Waals surface area contributed by atoms with Crippen molar-refractivity contribution in [2.45, 2.75) is 13.3 Å². The maximum absolute atomic E-state index is 11.3. The van der Waals surface area contributed by atoms with Gasteiger partial charge < -0.3 is 11.1 Å². The second kappa shape index (κ2) is 3.35. The Bertz CT molecular complexity index is 615. The average Bonchev–Trinajstić information content (AvgIpc) is 2.81. The number of nitrogens with two attached hydrogens (primary N) is 1. The molecular weight excluding hydrogens is 216 g/mol. The van der Waals surface area contributed by atoms with Crippen LogP contribution in [0.2, 0.25) is 0 Å². The number of carbonyl (C=O) groups is 1. The van der Waals surface area contributed by atoms with Crippen molar-refractivity contribution >= 4 is 17.4 Å². The van der Waals surface area contributed by atoms with E-state index in [4.69, 9.17) is 5.73 Å². The third-order valence-electron chi connectivity index (χ3n) is 3.07. The number of aromatic amines is 1. The predicted octanol–water partition coefficient (Wildman–Crippen LogP) is 1.46. The highest BCUT2D eigenvalue weighted by Crippen LogP contribution is 2.30. The van der Waals surface area contributed by atoms with Gasteiger partial charge in [-0.15, -0.1) is 0 Å². The SMILES string of the molecule is Cc1c(N)n[nH]c1-c1ccc2c(c1)CC(=O)N2. The average molecular weight is 228 g/mol. The Morgan fingerprint density at radius 1 is 1.41 bits per heavy atom. The van der Waals surface area contributed by atoms with Crippen molar-refractivity contribution < 1.29 is 4.79 Å². The minimum atomic E-state index is 0.0398. The number of aromatic nitrogens is 2. The van der Waals surface area contributed by atoms with E-state index in [1.165, 1.54) is 0 Å². The molecule has 3 rings (SSSR count). The number of hydrogen-bond donors (Lipinski definition) is 3. The Kier molecular flexibility index (Phi) is 1.95. The number of H-pyrrole nitrogens is 1. The van der Waals surface area contributed by atoms with E-state index in [0.717, 1.165) is 28.1 Å². The Morgan fingerprint density at radius 3 is 2.94 bits per heavy atom. The van der Waals surface area contributed by atoms with Gasteiger partial charge in [-0.25, -0.2) is 0 Å². The van der Waals surface area contributed by atoms with Crippen molar-refractivity contribution in [2.75, 3.05) is 11.1 Å².